The third-order valence-corrected chi connectivity index (χ3v) is 5.09. The number of ether oxygens (including phenoxy) is 2. The third kappa shape index (κ3) is 3.05. The van der Waals surface area contributed by atoms with E-state index in [0.717, 1.165) is 16.3 Å². The van der Waals surface area contributed by atoms with Crippen molar-refractivity contribution in [3.63, 3.8) is 0 Å². The molecule has 1 aliphatic rings. The van der Waals surface area contributed by atoms with Gasteiger partial charge in [-0.25, -0.2) is 0 Å². The maximum Gasteiger partial charge on any atom is 0.318 e. The number of hydrogen-bond donors (Lipinski definition) is 0. The number of halogens is 1. The first-order valence-electron chi connectivity index (χ1n) is 8.37. The second-order valence-corrected chi connectivity index (χ2v) is 7.20. The lowest BCUT2D eigenvalue weighted by Crippen LogP contribution is -2.48. The third-order valence-electron chi connectivity index (χ3n) is 4.78. The summed E-state index contributed by atoms with van der Waals surface area (Å²) in [6.45, 7) is 5.60. The molecule has 1 fully saturated rings. The van der Waals surface area contributed by atoms with E-state index in [2.05, 4.69) is 0 Å². The Morgan fingerprint density at radius 1 is 1.28 bits per heavy atom. The van der Waals surface area contributed by atoms with E-state index in [1.807, 2.05) is 36.4 Å². The van der Waals surface area contributed by atoms with E-state index < -0.39 is 23.4 Å². The van der Waals surface area contributed by atoms with Crippen molar-refractivity contribution in [2.24, 2.45) is 11.3 Å². The average Bonchev–Trinajstić information content (AvgIpc) is 2.57. The van der Waals surface area contributed by atoms with Gasteiger partial charge in [0.1, 0.15) is 5.92 Å². The van der Waals surface area contributed by atoms with Crippen LogP contribution in [0.2, 0.25) is 5.02 Å². The molecule has 2 atom stereocenters. The Labute approximate surface area is 152 Å². The largest absolute Gasteiger partial charge is 0.465 e. The van der Waals surface area contributed by atoms with E-state index in [0.29, 0.717) is 5.02 Å². The molecule has 1 aliphatic heterocycles. The highest BCUT2D eigenvalue weighted by atomic mass is 35.5. The van der Waals surface area contributed by atoms with Gasteiger partial charge in [0, 0.05) is 10.4 Å². The van der Waals surface area contributed by atoms with Crippen LogP contribution in [-0.4, -0.2) is 25.0 Å². The highest BCUT2D eigenvalue weighted by Crippen LogP contribution is 2.46. The van der Waals surface area contributed by atoms with Crippen molar-refractivity contribution in [2.75, 3.05) is 13.2 Å². The first-order chi connectivity index (χ1) is 11.9. The van der Waals surface area contributed by atoms with Crippen LogP contribution in [-0.2, 0) is 19.1 Å². The molecule has 25 heavy (non-hydrogen) atoms. The molecule has 0 amide bonds. The zero-order valence-corrected chi connectivity index (χ0v) is 15.3. The summed E-state index contributed by atoms with van der Waals surface area (Å²) in [4.78, 5) is 25.0. The average molecular weight is 361 g/mol. The predicted molar refractivity (Wildman–Crippen MR) is 96.6 cm³/mol. The topological polar surface area (TPSA) is 52.6 Å². The maximum absolute atomic E-state index is 13.0. The lowest BCUT2D eigenvalue weighted by Gasteiger charge is -2.40. The molecular formula is C20H21ClO4. The van der Waals surface area contributed by atoms with Gasteiger partial charge in [-0.05, 0) is 23.9 Å². The summed E-state index contributed by atoms with van der Waals surface area (Å²) in [6.07, 6.45) is -0.478. The first-order valence-corrected chi connectivity index (χ1v) is 8.75. The summed E-state index contributed by atoms with van der Waals surface area (Å²) in [5.41, 5.74) is -0.00730. The Hall–Kier alpha value is -1.91. The summed E-state index contributed by atoms with van der Waals surface area (Å²) in [6, 6.07) is 11.5. The van der Waals surface area contributed by atoms with Crippen molar-refractivity contribution in [3.8, 4) is 0 Å². The molecule has 0 spiro atoms. The summed E-state index contributed by atoms with van der Waals surface area (Å²) < 4.78 is 11.0. The molecule has 0 aromatic heterocycles. The maximum atomic E-state index is 13.0. The molecule has 3 rings (SSSR count). The van der Waals surface area contributed by atoms with Crippen LogP contribution in [0.3, 0.4) is 0 Å². The molecule has 0 radical (unpaired) electrons. The van der Waals surface area contributed by atoms with E-state index in [4.69, 9.17) is 21.1 Å². The van der Waals surface area contributed by atoms with Crippen molar-refractivity contribution in [1.82, 2.24) is 0 Å². The molecule has 0 aliphatic carbocycles. The van der Waals surface area contributed by atoms with Gasteiger partial charge in [0.05, 0.1) is 24.7 Å². The second-order valence-electron chi connectivity index (χ2n) is 6.79. The van der Waals surface area contributed by atoms with E-state index in [1.165, 1.54) is 0 Å². The zero-order chi connectivity index (χ0) is 18.2. The lowest BCUT2D eigenvalue weighted by atomic mass is 9.72. The van der Waals surface area contributed by atoms with Crippen molar-refractivity contribution >= 4 is 34.1 Å². The summed E-state index contributed by atoms with van der Waals surface area (Å²) in [5, 5.41) is 2.49. The van der Waals surface area contributed by atoms with Crippen LogP contribution < -0.4 is 0 Å². The SMILES string of the molecule is CCOC(=O)C1COC(c2cccc3cccc(Cl)c23)C(C)(C)C1=O. The Balaban J connectivity index is 2.03. The first kappa shape index (κ1) is 17.9. The van der Waals surface area contributed by atoms with Crippen LogP contribution in [0.25, 0.3) is 10.8 Å². The van der Waals surface area contributed by atoms with Gasteiger partial charge in [0.2, 0.25) is 0 Å². The van der Waals surface area contributed by atoms with Crippen molar-refractivity contribution in [2.45, 2.75) is 26.9 Å². The molecule has 132 valence electrons. The fraction of sp³-hybridized carbons (Fsp3) is 0.400. The highest BCUT2D eigenvalue weighted by Gasteiger charge is 2.49. The molecule has 0 bridgehead atoms. The van der Waals surface area contributed by atoms with Gasteiger partial charge in [-0.3, -0.25) is 9.59 Å². The van der Waals surface area contributed by atoms with Crippen LogP contribution in [0.4, 0.5) is 0 Å². The number of rotatable bonds is 3. The predicted octanol–water partition coefficient (Wildman–Crippen LogP) is 4.34. The minimum Gasteiger partial charge on any atom is -0.465 e. The van der Waals surface area contributed by atoms with Gasteiger partial charge < -0.3 is 9.47 Å². The molecule has 1 heterocycles. The number of fused-ring (bicyclic) bond motifs is 1. The number of ketones is 1. The van der Waals surface area contributed by atoms with E-state index in [1.54, 1.807) is 20.8 Å². The number of carbonyl (C=O) groups is 2. The molecule has 0 N–H and O–H groups in total. The summed E-state index contributed by atoms with van der Waals surface area (Å²) in [5.74, 6) is -1.56. The quantitative estimate of drug-likeness (QED) is 0.603. The molecular weight excluding hydrogens is 340 g/mol. The molecule has 5 heteroatoms. The normalized spacial score (nSPS) is 22.8. The standard InChI is InChI=1S/C20H21ClO4/c1-4-24-19(23)14-11-25-18(20(2,3)17(14)22)13-9-5-7-12-8-6-10-15(21)16(12)13/h5-10,14,18H,4,11H2,1-3H3. The number of hydrogen-bond acceptors (Lipinski definition) is 4. The molecule has 2 unspecified atom stereocenters. The fourth-order valence-electron chi connectivity index (χ4n) is 3.49. The second kappa shape index (κ2) is 6.77. The van der Waals surface area contributed by atoms with Gasteiger partial charge >= 0.3 is 5.97 Å². The lowest BCUT2D eigenvalue weighted by molar-refractivity contribution is -0.172. The Morgan fingerprint density at radius 2 is 1.96 bits per heavy atom. The number of benzene rings is 2. The Bertz CT molecular complexity index is 822. The Morgan fingerprint density at radius 3 is 2.64 bits per heavy atom. The van der Waals surface area contributed by atoms with Gasteiger partial charge in [-0.2, -0.15) is 0 Å². The summed E-state index contributed by atoms with van der Waals surface area (Å²) in [7, 11) is 0. The van der Waals surface area contributed by atoms with Gasteiger partial charge in [-0.1, -0.05) is 55.8 Å². The molecule has 4 nitrogen and oxygen atoms in total. The van der Waals surface area contributed by atoms with Gasteiger partial charge in [0.15, 0.2) is 5.78 Å². The monoisotopic (exact) mass is 360 g/mol. The van der Waals surface area contributed by atoms with Crippen LogP contribution >= 0.6 is 11.6 Å². The van der Waals surface area contributed by atoms with Gasteiger partial charge in [0.25, 0.3) is 0 Å². The Kier molecular flexibility index (Phi) is 4.85. The minimum absolute atomic E-state index is 0.0204. The van der Waals surface area contributed by atoms with Gasteiger partial charge in [-0.15, -0.1) is 0 Å². The molecule has 2 aromatic carbocycles. The fourth-order valence-corrected chi connectivity index (χ4v) is 3.78. The number of esters is 1. The zero-order valence-electron chi connectivity index (χ0n) is 14.5. The molecule has 0 saturated carbocycles. The number of carbonyl (C=O) groups excluding carboxylic acids is 2. The molecule has 2 aromatic rings. The van der Waals surface area contributed by atoms with Crippen LogP contribution in [0.15, 0.2) is 36.4 Å². The van der Waals surface area contributed by atoms with Crippen molar-refractivity contribution in [3.05, 3.63) is 47.0 Å². The molecule has 1 saturated heterocycles. The van der Waals surface area contributed by atoms with Crippen molar-refractivity contribution < 1.29 is 19.1 Å². The van der Waals surface area contributed by atoms with Crippen molar-refractivity contribution in [1.29, 1.82) is 0 Å². The smallest absolute Gasteiger partial charge is 0.318 e. The highest BCUT2D eigenvalue weighted by molar-refractivity contribution is 6.35. The van der Waals surface area contributed by atoms with Crippen LogP contribution in [0.1, 0.15) is 32.4 Å². The minimum atomic E-state index is -0.878. The van der Waals surface area contributed by atoms with Crippen LogP contribution in [0, 0.1) is 11.3 Å². The van der Waals surface area contributed by atoms with E-state index in [-0.39, 0.29) is 19.0 Å². The number of Topliss-reactive ketones (excluding diaryl/α,β-unsaturated/α-hetero) is 1. The van der Waals surface area contributed by atoms with Crippen LogP contribution in [0.5, 0.6) is 0 Å². The van der Waals surface area contributed by atoms with E-state index >= 15 is 0 Å². The van der Waals surface area contributed by atoms with E-state index in [9.17, 15) is 9.59 Å². The summed E-state index contributed by atoms with van der Waals surface area (Å²) >= 11 is 6.42.